The molecule has 0 heteroatoms. The van der Waals surface area contributed by atoms with Crippen molar-refractivity contribution in [1.82, 2.24) is 0 Å². The van der Waals surface area contributed by atoms with Gasteiger partial charge in [0, 0.05) is 0 Å². The maximum absolute atomic E-state index is 3.86. The minimum absolute atomic E-state index is 0.823. The third kappa shape index (κ3) is 6.74. The normalized spacial score (nSPS) is 32.9. The number of hydrogen-bond acceptors (Lipinski definition) is 0. The van der Waals surface area contributed by atoms with Gasteiger partial charge in [-0.05, 0) is 91.6 Å². The minimum atomic E-state index is 0.823. The fraction of sp³-hybridized carbons (Fsp3) is 0.750. The predicted octanol–water partition coefficient (Wildman–Crippen LogP) is 9.88. The van der Waals surface area contributed by atoms with Crippen molar-refractivity contribution in [2.24, 2.45) is 29.6 Å². The molecule has 4 unspecified atom stereocenters. The van der Waals surface area contributed by atoms with Crippen LogP contribution in [0.15, 0.2) is 36.9 Å². The second-order valence-corrected chi connectivity index (χ2v) is 11.9. The Morgan fingerprint density at radius 2 is 1.38 bits per heavy atom. The molecule has 3 saturated carbocycles. The van der Waals surface area contributed by atoms with E-state index in [1.807, 2.05) is 6.08 Å². The van der Waals surface area contributed by atoms with E-state index >= 15 is 0 Å². The van der Waals surface area contributed by atoms with Crippen LogP contribution in [0, 0.1) is 29.6 Å². The molecule has 178 valence electrons. The summed E-state index contributed by atoms with van der Waals surface area (Å²) in [6, 6.07) is 9.62. The SMILES string of the molecule is C=CCCc1ccc(C2CCC3CC(CCC4CCC(CCCC)CC4)CCC3C2)cc1. The van der Waals surface area contributed by atoms with Crippen molar-refractivity contribution in [1.29, 1.82) is 0 Å². The molecule has 0 N–H and O–H groups in total. The van der Waals surface area contributed by atoms with E-state index in [4.69, 9.17) is 0 Å². The molecule has 0 nitrogen and oxygen atoms in total. The maximum atomic E-state index is 3.86. The highest BCUT2D eigenvalue weighted by molar-refractivity contribution is 5.26. The second kappa shape index (κ2) is 12.4. The van der Waals surface area contributed by atoms with E-state index in [-0.39, 0.29) is 0 Å². The van der Waals surface area contributed by atoms with Crippen LogP contribution >= 0.6 is 0 Å². The van der Waals surface area contributed by atoms with Crippen molar-refractivity contribution in [3.8, 4) is 0 Å². The zero-order valence-corrected chi connectivity index (χ0v) is 21.1. The van der Waals surface area contributed by atoms with Crippen molar-refractivity contribution in [3.05, 3.63) is 48.0 Å². The molecule has 3 aliphatic rings. The average Bonchev–Trinajstić information content (AvgIpc) is 2.85. The molecule has 0 amide bonds. The first kappa shape index (κ1) is 24.1. The van der Waals surface area contributed by atoms with E-state index in [1.165, 1.54) is 69.8 Å². The Bertz CT molecular complexity index is 662. The van der Waals surface area contributed by atoms with Gasteiger partial charge >= 0.3 is 0 Å². The van der Waals surface area contributed by atoms with Crippen molar-refractivity contribution in [3.63, 3.8) is 0 Å². The lowest BCUT2D eigenvalue weighted by atomic mass is 9.63. The summed E-state index contributed by atoms with van der Waals surface area (Å²) in [5.41, 5.74) is 3.08. The molecule has 0 saturated heterocycles. The highest BCUT2D eigenvalue weighted by Gasteiger charge is 2.36. The van der Waals surface area contributed by atoms with Crippen LogP contribution in [0.5, 0.6) is 0 Å². The monoisotopic (exact) mass is 434 g/mol. The van der Waals surface area contributed by atoms with Gasteiger partial charge in [-0.15, -0.1) is 6.58 Å². The quantitative estimate of drug-likeness (QED) is 0.321. The summed E-state index contributed by atoms with van der Waals surface area (Å²) in [5.74, 6) is 6.07. The minimum Gasteiger partial charge on any atom is -0.103 e. The summed E-state index contributed by atoms with van der Waals surface area (Å²) < 4.78 is 0. The molecule has 32 heavy (non-hydrogen) atoms. The van der Waals surface area contributed by atoms with Crippen LogP contribution in [0.2, 0.25) is 0 Å². The Hall–Kier alpha value is -1.04. The van der Waals surface area contributed by atoms with Crippen LogP contribution in [-0.2, 0) is 6.42 Å². The number of fused-ring (bicyclic) bond motifs is 1. The number of hydrogen-bond donors (Lipinski definition) is 0. The molecule has 1 aromatic carbocycles. The lowest BCUT2D eigenvalue weighted by molar-refractivity contribution is 0.108. The maximum Gasteiger partial charge on any atom is -0.0159 e. The third-order valence-corrected chi connectivity index (χ3v) is 9.73. The van der Waals surface area contributed by atoms with Gasteiger partial charge in [0.1, 0.15) is 0 Å². The first-order valence-corrected chi connectivity index (χ1v) is 14.4. The number of benzene rings is 1. The smallest absolute Gasteiger partial charge is 0.0159 e. The fourth-order valence-electron chi connectivity index (χ4n) is 7.55. The zero-order valence-electron chi connectivity index (χ0n) is 21.1. The Morgan fingerprint density at radius 1 is 0.750 bits per heavy atom. The van der Waals surface area contributed by atoms with Crippen molar-refractivity contribution in [2.45, 2.75) is 122 Å². The Morgan fingerprint density at radius 3 is 2.09 bits per heavy atom. The zero-order chi connectivity index (χ0) is 22.2. The molecule has 1 aromatic rings. The molecule has 0 aromatic heterocycles. The Balaban J connectivity index is 1.17. The molecule has 4 atom stereocenters. The van der Waals surface area contributed by atoms with Gasteiger partial charge in [-0.1, -0.05) is 101 Å². The van der Waals surface area contributed by atoms with E-state index in [2.05, 4.69) is 37.8 Å². The third-order valence-electron chi connectivity index (χ3n) is 9.73. The first-order chi connectivity index (χ1) is 15.7. The molecule has 0 radical (unpaired) electrons. The molecule has 0 aliphatic heterocycles. The largest absolute Gasteiger partial charge is 0.103 e. The van der Waals surface area contributed by atoms with Crippen molar-refractivity contribution < 1.29 is 0 Å². The highest BCUT2D eigenvalue weighted by atomic mass is 14.4. The van der Waals surface area contributed by atoms with E-state index in [9.17, 15) is 0 Å². The number of rotatable bonds is 10. The van der Waals surface area contributed by atoms with Gasteiger partial charge in [-0.2, -0.15) is 0 Å². The number of unbranched alkanes of at least 4 members (excludes halogenated alkanes) is 1. The van der Waals surface area contributed by atoms with E-state index in [0.29, 0.717) is 0 Å². The second-order valence-electron chi connectivity index (χ2n) is 11.9. The number of aryl methyl sites for hydroxylation is 1. The standard InChI is InChI=1S/C32H50/c1-3-5-7-25-9-11-27(12-10-25)13-14-28-17-20-32-24-31(22-21-30(32)23-28)29-18-15-26(16-19-29)8-6-4-2/h4,15-16,18-19,25,27-28,30-32H,2-3,5-14,17,20-24H2,1H3. The van der Waals surface area contributed by atoms with Gasteiger partial charge in [0.25, 0.3) is 0 Å². The topological polar surface area (TPSA) is 0 Å². The molecule has 0 bridgehead atoms. The Kier molecular flexibility index (Phi) is 9.36. The number of allylic oxidation sites excluding steroid dienone is 1. The van der Waals surface area contributed by atoms with Crippen LogP contribution in [0.25, 0.3) is 0 Å². The predicted molar refractivity (Wildman–Crippen MR) is 140 cm³/mol. The lowest BCUT2D eigenvalue weighted by Gasteiger charge is -2.43. The summed E-state index contributed by atoms with van der Waals surface area (Å²) in [7, 11) is 0. The summed E-state index contributed by atoms with van der Waals surface area (Å²) in [6.45, 7) is 6.20. The van der Waals surface area contributed by atoms with Gasteiger partial charge in [-0.3, -0.25) is 0 Å². The molecule has 3 fully saturated rings. The van der Waals surface area contributed by atoms with Gasteiger partial charge in [0.05, 0.1) is 0 Å². The molecule has 4 rings (SSSR count). The molecule has 3 aliphatic carbocycles. The molecule has 0 heterocycles. The average molecular weight is 435 g/mol. The van der Waals surface area contributed by atoms with Crippen LogP contribution in [0.3, 0.4) is 0 Å². The summed E-state index contributed by atoms with van der Waals surface area (Å²) in [6.07, 6.45) is 26.9. The van der Waals surface area contributed by atoms with Crippen LogP contribution in [0.4, 0.5) is 0 Å². The van der Waals surface area contributed by atoms with Crippen LogP contribution in [-0.4, -0.2) is 0 Å². The molecular formula is C32H50. The van der Waals surface area contributed by atoms with Crippen molar-refractivity contribution in [2.75, 3.05) is 0 Å². The van der Waals surface area contributed by atoms with Crippen molar-refractivity contribution >= 4 is 0 Å². The first-order valence-electron chi connectivity index (χ1n) is 14.4. The molecular weight excluding hydrogens is 384 g/mol. The van der Waals surface area contributed by atoms with E-state index < -0.39 is 0 Å². The van der Waals surface area contributed by atoms with E-state index in [0.717, 1.165) is 48.3 Å². The van der Waals surface area contributed by atoms with Gasteiger partial charge in [0.15, 0.2) is 0 Å². The van der Waals surface area contributed by atoms with Gasteiger partial charge in [-0.25, -0.2) is 0 Å². The van der Waals surface area contributed by atoms with Gasteiger partial charge in [0.2, 0.25) is 0 Å². The van der Waals surface area contributed by atoms with Crippen LogP contribution in [0.1, 0.15) is 127 Å². The van der Waals surface area contributed by atoms with E-state index in [1.54, 1.807) is 37.7 Å². The summed E-state index contributed by atoms with van der Waals surface area (Å²) >= 11 is 0. The van der Waals surface area contributed by atoms with Gasteiger partial charge < -0.3 is 0 Å². The lowest BCUT2D eigenvalue weighted by Crippen LogP contribution is -2.30. The fourth-order valence-corrected chi connectivity index (χ4v) is 7.55. The highest BCUT2D eigenvalue weighted by Crippen LogP contribution is 2.49. The summed E-state index contributed by atoms with van der Waals surface area (Å²) in [5, 5.41) is 0. The van der Waals surface area contributed by atoms with Crippen LogP contribution < -0.4 is 0 Å². The molecule has 0 spiro atoms. The Labute approximate surface area is 199 Å². The summed E-state index contributed by atoms with van der Waals surface area (Å²) in [4.78, 5) is 0.